The first kappa shape index (κ1) is 15.8. The number of rotatable bonds is 5. The predicted octanol–water partition coefficient (Wildman–Crippen LogP) is 3.86. The Morgan fingerprint density at radius 2 is 1.90 bits per heavy atom. The first-order valence-electron chi connectivity index (χ1n) is 6.30. The van der Waals surface area contributed by atoms with Gasteiger partial charge in [0, 0.05) is 11.5 Å². The summed E-state index contributed by atoms with van der Waals surface area (Å²) < 4.78 is 6.40. The highest BCUT2D eigenvalue weighted by molar-refractivity contribution is 9.10. The van der Waals surface area contributed by atoms with Gasteiger partial charge < -0.3 is 15.4 Å². The molecule has 21 heavy (non-hydrogen) atoms. The number of ether oxygens (including phenoxy) is 1. The van der Waals surface area contributed by atoms with Gasteiger partial charge in [-0.25, -0.2) is 0 Å². The van der Waals surface area contributed by atoms with E-state index in [0.29, 0.717) is 22.6 Å². The number of hydrogen-bond acceptors (Lipinski definition) is 6. The minimum Gasteiger partial charge on any atom is -0.461 e. The average Bonchev–Trinajstić information content (AvgIpc) is 2.41. The molecule has 2 N–H and O–H groups in total. The Morgan fingerprint density at radius 1 is 1.19 bits per heavy atom. The van der Waals surface area contributed by atoms with Gasteiger partial charge in [-0.1, -0.05) is 27.5 Å². The SMILES string of the molecule is CNc1nc(Nc2ccc(Br)cc2Cl)nc(OC(C)C)n1. The lowest BCUT2D eigenvalue weighted by molar-refractivity contribution is 0.222. The molecule has 0 atom stereocenters. The van der Waals surface area contributed by atoms with Gasteiger partial charge >= 0.3 is 6.01 Å². The number of nitrogens with one attached hydrogen (secondary N) is 2. The zero-order valence-corrected chi connectivity index (χ0v) is 14.2. The van der Waals surface area contributed by atoms with Crippen LogP contribution in [-0.4, -0.2) is 28.1 Å². The van der Waals surface area contributed by atoms with Gasteiger partial charge in [-0.3, -0.25) is 0 Å². The highest BCUT2D eigenvalue weighted by Crippen LogP contribution is 2.28. The molecule has 2 rings (SSSR count). The van der Waals surface area contributed by atoms with Crippen molar-refractivity contribution in [3.05, 3.63) is 27.7 Å². The van der Waals surface area contributed by atoms with Crippen LogP contribution < -0.4 is 15.4 Å². The molecule has 0 aliphatic heterocycles. The molecule has 0 spiro atoms. The van der Waals surface area contributed by atoms with Crippen molar-refractivity contribution in [3.63, 3.8) is 0 Å². The van der Waals surface area contributed by atoms with E-state index < -0.39 is 0 Å². The van der Waals surface area contributed by atoms with E-state index in [0.717, 1.165) is 4.47 Å². The molecular formula is C13H15BrClN5O. The third-order valence-corrected chi connectivity index (χ3v) is 3.16. The Morgan fingerprint density at radius 3 is 2.52 bits per heavy atom. The molecule has 8 heteroatoms. The van der Waals surface area contributed by atoms with Crippen molar-refractivity contribution in [2.75, 3.05) is 17.7 Å². The average molecular weight is 373 g/mol. The van der Waals surface area contributed by atoms with Gasteiger partial charge in [-0.05, 0) is 32.0 Å². The number of anilines is 3. The fourth-order valence-corrected chi connectivity index (χ4v) is 2.22. The molecule has 0 fully saturated rings. The minimum absolute atomic E-state index is 0.0266. The first-order chi connectivity index (χ1) is 9.97. The maximum Gasteiger partial charge on any atom is 0.323 e. The van der Waals surface area contributed by atoms with Crippen LogP contribution >= 0.6 is 27.5 Å². The zero-order chi connectivity index (χ0) is 15.4. The van der Waals surface area contributed by atoms with Gasteiger partial charge in [-0.2, -0.15) is 15.0 Å². The van der Waals surface area contributed by atoms with Gasteiger partial charge in [0.1, 0.15) is 0 Å². The molecule has 0 amide bonds. The third kappa shape index (κ3) is 4.44. The molecule has 0 aliphatic carbocycles. The second-order valence-electron chi connectivity index (χ2n) is 4.43. The Hall–Kier alpha value is -1.60. The molecule has 0 aliphatic rings. The van der Waals surface area contributed by atoms with Gasteiger partial charge in [0.05, 0.1) is 16.8 Å². The maximum atomic E-state index is 6.17. The van der Waals surface area contributed by atoms with E-state index in [1.807, 2.05) is 26.0 Å². The predicted molar refractivity (Wildman–Crippen MR) is 87.6 cm³/mol. The third-order valence-electron chi connectivity index (χ3n) is 2.36. The minimum atomic E-state index is -0.0266. The number of aromatic nitrogens is 3. The van der Waals surface area contributed by atoms with Crippen LogP contribution in [0.3, 0.4) is 0 Å². The van der Waals surface area contributed by atoms with Gasteiger partial charge in [0.25, 0.3) is 0 Å². The summed E-state index contributed by atoms with van der Waals surface area (Å²) in [6.07, 6.45) is -0.0266. The van der Waals surface area contributed by atoms with Crippen molar-refractivity contribution in [2.45, 2.75) is 20.0 Å². The monoisotopic (exact) mass is 371 g/mol. The smallest absolute Gasteiger partial charge is 0.323 e. The lowest BCUT2D eigenvalue weighted by Gasteiger charge is -2.12. The van der Waals surface area contributed by atoms with Crippen LogP contribution in [0.5, 0.6) is 6.01 Å². The molecule has 1 aromatic heterocycles. The van der Waals surface area contributed by atoms with Crippen molar-refractivity contribution < 1.29 is 4.74 Å². The van der Waals surface area contributed by atoms with Crippen LogP contribution in [0.4, 0.5) is 17.6 Å². The Kier molecular flexibility index (Phi) is 5.19. The maximum absolute atomic E-state index is 6.17. The molecule has 2 aromatic rings. The Bertz CT molecular complexity index is 638. The van der Waals surface area contributed by atoms with Crippen LogP contribution in [0, 0.1) is 0 Å². The highest BCUT2D eigenvalue weighted by atomic mass is 79.9. The van der Waals surface area contributed by atoms with Crippen molar-refractivity contribution in [1.82, 2.24) is 15.0 Å². The van der Waals surface area contributed by atoms with E-state index in [4.69, 9.17) is 16.3 Å². The molecule has 0 radical (unpaired) electrons. The van der Waals surface area contributed by atoms with Crippen molar-refractivity contribution >= 4 is 45.1 Å². The van der Waals surface area contributed by atoms with Gasteiger partial charge in [-0.15, -0.1) is 0 Å². The molecule has 0 bridgehead atoms. The van der Waals surface area contributed by atoms with Crippen LogP contribution in [-0.2, 0) is 0 Å². The molecular weight excluding hydrogens is 358 g/mol. The number of benzene rings is 1. The summed E-state index contributed by atoms with van der Waals surface area (Å²) in [6.45, 7) is 3.81. The fourth-order valence-electron chi connectivity index (χ4n) is 1.50. The number of halogens is 2. The van der Waals surface area contributed by atoms with E-state index in [1.54, 1.807) is 13.1 Å². The van der Waals surface area contributed by atoms with E-state index in [-0.39, 0.29) is 12.1 Å². The molecule has 0 saturated carbocycles. The van der Waals surface area contributed by atoms with E-state index in [9.17, 15) is 0 Å². The first-order valence-corrected chi connectivity index (χ1v) is 7.47. The van der Waals surface area contributed by atoms with Crippen LogP contribution in [0.15, 0.2) is 22.7 Å². The molecule has 1 aromatic carbocycles. The van der Waals surface area contributed by atoms with Gasteiger partial charge in [0.2, 0.25) is 11.9 Å². The van der Waals surface area contributed by atoms with E-state index in [2.05, 4.69) is 41.5 Å². The fraction of sp³-hybridized carbons (Fsp3) is 0.308. The second kappa shape index (κ2) is 6.91. The standard InChI is InChI=1S/C13H15BrClN5O/c1-7(2)21-13-19-11(16-3)18-12(20-13)17-10-5-4-8(14)6-9(10)15/h4-7H,1-3H3,(H2,16,17,18,19,20). The Labute approximate surface area is 136 Å². The summed E-state index contributed by atoms with van der Waals surface area (Å²) in [5.41, 5.74) is 0.698. The summed E-state index contributed by atoms with van der Waals surface area (Å²) in [5, 5.41) is 6.48. The summed E-state index contributed by atoms with van der Waals surface area (Å²) in [5.74, 6) is 0.769. The summed E-state index contributed by atoms with van der Waals surface area (Å²) in [4.78, 5) is 12.6. The largest absolute Gasteiger partial charge is 0.461 e. The zero-order valence-electron chi connectivity index (χ0n) is 11.8. The Balaban J connectivity index is 2.29. The molecule has 1 heterocycles. The van der Waals surface area contributed by atoms with Crippen molar-refractivity contribution in [2.24, 2.45) is 0 Å². The summed E-state index contributed by atoms with van der Waals surface area (Å²) in [6, 6.07) is 5.74. The highest BCUT2D eigenvalue weighted by Gasteiger charge is 2.10. The van der Waals surface area contributed by atoms with Crippen molar-refractivity contribution in [3.8, 4) is 6.01 Å². The van der Waals surface area contributed by atoms with Crippen molar-refractivity contribution in [1.29, 1.82) is 0 Å². The number of hydrogen-bond donors (Lipinski definition) is 2. The van der Waals surface area contributed by atoms with E-state index in [1.165, 1.54) is 0 Å². The van der Waals surface area contributed by atoms with E-state index >= 15 is 0 Å². The van der Waals surface area contributed by atoms with Crippen LogP contribution in [0.1, 0.15) is 13.8 Å². The second-order valence-corrected chi connectivity index (χ2v) is 5.75. The normalized spacial score (nSPS) is 10.6. The molecule has 0 unspecified atom stereocenters. The van der Waals surface area contributed by atoms with Gasteiger partial charge in [0.15, 0.2) is 0 Å². The topological polar surface area (TPSA) is 72.0 Å². The molecule has 112 valence electrons. The lowest BCUT2D eigenvalue weighted by Crippen LogP contribution is -2.12. The quantitative estimate of drug-likeness (QED) is 0.830. The molecule has 0 saturated heterocycles. The van der Waals surface area contributed by atoms with Crippen LogP contribution in [0.25, 0.3) is 0 Å². The summed E-state index contributed by atoms with van der Waals surface area (Å²) >= 11 is 9.53. The number of nitrogens with zero attached hydrogens (tertiary/aromatic N) is 3. The summed E-state index contributed by atoms with van der Waals surface area (Å²) in [7, 11) is 1.73. The molecule has 6 nitrogen and oxygen atoms in total. The lowest BCUT2D eigenvalue weighted by atomic mass is 10.3. The van der Waals surface area contributed by atoms with Crippen LogP contribution in [0.2, 0.25) is 5.02 Å².